The SMILES string of the molecule is C=CCCCOc1ccc(-c2ccc(C3CCC(OCCC)CO3)c(F)c2F)cc1F. The number of halogens is 3. The fourth-order valence-electron chi connectivity index (χ4n) is 3.62. The second kappa shape index (κ2) is 11.3. The highest BCUT2D eigenvalue weighted by atomic mass is 19.2. The molecule has 1 aliphatic rings. The zero-order chi connectivity index (χ0) is 22.2. The Kier molecular flexibility index (Phi) is 8.55. The van der Waals surface area contributed by atoms with Gasteiger partial charge < -0.3 is 14.2 Å². The Morgan fingerprint density at radius 2 is 1.94 bits per heavy atom. The van der Waals surface area contributed by atoms with Gasteiger partial charge in [0.2, 0.25) is 0 Å². The zero-order valence-corrected chi connectivity index (χ0v) is 17.8. The van der Waals surface area contributed by atoms with E-state index < -0.39 is 23.6 Å². The van der Waals surface area contributed by atoms with Crippen molar-refractivity contribution in [1.29, 1.82) is 0 Å². The van der Waals surface area contributed by atoms with Crippen molar-refractivity contribution >= 4 is 0 Å². The molecule has 0 amide bonds. The molecular formula is C25H29F3O3. The number of unbranched alkanes of at least 4 members (excludes halogenated alkanes) is 1. The first kappa shape index (κ1) is 23.4. The van der Waals surface area contributed by atoms with Gasteiger partial charge in [0.05, 0.1) is 25.4 Å². The third-order valence-corrected chi connectivity index (χ3v) is 5.30. The van der Waals surface area contributed by atoms with Gasteiger partial charge in [-0.05, 0) is 49.8 Å². The van der Waals surface area contributed by atoms with E-state index in [0.29, 0.717) is 26.2 Å². The van der Waals surface area contributed by atoms with Crippen molar-refractivity contribution < 1.29 is 27.4 Å². The lowest BCUT2D eigenvalue weighted by molar-refractivity contribution is -0.0875. The fraction of sp³-hybridized carbons (Fsp3) is 0.440. The quantitative estimate of drug-likeness (QED) is 0.305. The molecule has 2 atom stereocenters. The summed E-state index contributed by atoms with van der Waals surface area (Å²) in [6, 6.07) is 7.10. The lowest BCUT2D eigenvalue weighted by atomic mass is 9.96. The number of hydrogen-bond donors (Lipinski definition) is 0. The Bertz CT molecular complexity index is 877. The minimum absolute atomic E-state index is 0.00155. The van der Waals surface area contributed by atoms with Crippen LogP contribution >= 0.6 is 0 Å². The minimum Gasteiger partial charge on any atom is -0.491 e. The van der Waals surface area contributed by atoms with Crippen molar-refractivity contribution in [3.05, 3.63) is 66.0 Å². The zero-order valence-electron chi connectivity index (χ0n) is 17.8. The van der Waals surface area contributed by atoms with E-state index in [-0.39, 0.29) is 28.5 Å². The topological polar surface area (TPSA) is 27.7 Å². The van der Waals surface area contributed by atoms with E-state index in [2.05, 4.69) is 6.58 Å². The molecule has 168 valence electrons. The summed E-state index contributed by atoms with van der Waals surface area (Å²) in [5.74, 6) is -2.50. The standard InChI is InChI=1S/C25H29F3O3/c1-3-5-6-14-30-23-11-7-17(15-21(23)26)19-9-10-20(25(28)24(19)27)22-12-8-18(16-31-22)29-13-4-2/h3,7,9-11,15,18,22H,1,4-6,8,12-14,16H2,2H3. The van der Waals surface area contributed by atoms with E-state index in [1.165, 1.54) is 24.3 Å². The van der Waals surface area contributed by atoms with Gasteiger partial charge in [-0.3, -0.25) is 0 Å². The molecule has 1 saturated heterocycles. The van der Waals surface area contributed by atoms with Gasteiger partial charge >= 0.3 is 0 Å². The molecule has 1 heterocycles. The van der Waals surface area contributed by atoms with Gasteiger partial charge in [0.25, 0.3) is 0 Å². The molecule has 31 heavy (non-hydrogen) atoms. The first-order chi connectivity index (χ1) is 15.0. The predicted molar refractivity (Wildman–Crippen MR) is 115 cm³/mol. The fourth-order valence-corrected chi connectivity index (χ4v) is 3.62. The monoisotopic (exact) mass is 434 g/mol. The van der Waals surface area contributed by atoms with E-state index in [4.69, 9.17) is 14.2 Å². The van der Waals surface area contributed by atoms with Gasteiger partial charge in [-0.1, -0.05) is 31.2 Å². The van der Waals surface area contributed by atoms with Crippen molar-refractivity contribution in [1.82, 2.24) is 0 Å². The summed E-state index contributed by atoms with van der Waals surface area (Å²) < 4.78 is 60.9. The maximum atomic E-state index is 14.8. The molecule has 0 saturated carbocycles. The van der Waals surface area contributed by atoms with Crippen molar-refractivity contribution in [3.8, 4) is 16.9 Å². The van der Waals surface area contributed by atoms with E-state index in [9.17, 15) is 13.2 Å². The third kappa shape index (κ3) is 5.89. The summed E-state index contributed by atoms with van der Waals surface area (Å²) in [5.41, 5.74) is 0.424. The van der Waals surface area contributed by atoms with Crippen LogP contribution in [0.4, 0.5) is 13.2 Å². The molecule has 2 unspecified atom stereocenters. The van der Waals surface area contributed by atoms with Crippen molar-refractivity contribution in [2.75, 3.05) is 19.8 Å². The van der Waals surface area contributed by atoms with Crippen LogP contribution in [-0.4, -0.2) is 25.9 Å². The molecule has 1 fully saturated rings. The molecule has 0 radical (unpaired) electrons. The Labute approximate surface area is 181 Å². The minimum atomic E-state index is -1.01. The summed E-state index contributed by atoms with van der Waals surface area (Å²) in [6.45, 7) is 7.02. The first-order valence-corrected chi connectivity index (χ1v) is 10.8. The second-order valence-electron chi connectivity index (χ2n) is 7.65. The van der Waals surface area contributed by atoms with E-state index >= 15 is 0 Å². The molecule has 0 bridgehead atoms. The van der Waals surface area contributed by atoms with Gasteiger partial charge in [0.15, 0.2) is 23.2 Å². The molecular weight excluding hydrogens is 405 g/mol. The summed E-state index contributed by atoms with van der Waals surface area (Å²) in [7, 11) is 0. The van der Waals surface area contributed by atoms with Crippen LogP contribution in [0.1, 0.15) is 50.7 Å². The van der Waals surface area contributed by atoms with Gasteiger partial charge in [0.1, 0.15) is 0 Å². The van der Waals surface area contributed by atoms with Gasteiger partial charge in [-0.15, -0.1) is 6.58 Å². The summed E-state index contributed by atoms with van der Waals surface area (Å²) >= 11 is 0. The summed E-state index contributed by atoms with van der Waals surface area (Å²) in [4.78, 5) is 0. The summed E-state index contributed by atoms with van der Waals surface area (Å²) in [5, 5.41) is 0. The molecule has 2 aromatic rings. The maximum Gasteiger partial charge on any atom is 0.167 e. The molecule has 0 spiro atoms. The molecule has 3 rings (SSSR count). The van der Waals surface area contributed by atoms with Crippen molar-refractivity contribution in [2.24, 2.45) is 0 Å². The van der Waals surface area contributed by atoms with Crippen LogP contribution in [0.3, 0.4) is 0 Å². The maximum absolute atomic E-state index is 14.8. The molecule has 0 aromatic heterocycles. The van der Waals surface area contributed by atoms with Gasteiger partial charge in [0, 0.05) is 17.7 Å². The van der Waals surface area contributed by atoms with Crippen LogP contribution in [0.25, 0.3) is 11.1 Å². The van der Waals surface area contributed by atoms with Crippen LogP contribution in [0.5, 0.6) is 5.75 Å². The lowest BCUT2D eigenvalue weighted by Crippen LogP contribution is -2.28. The third-order valence-electron chi connectivity index (χ3n) is 5.30. The average molecular weight is 434 g/mol. The van der Waals surface area contributed by atoms with Gasteiger partial charge in [-0.25, -0.2) is 13.2 Å². The van der Waals surface area contributed by atoms with Gasteiger partial charge in [-0.2, -0.15) is 0 Å². The molecule has 6 heteroatoms. The Morgan fingerprint density at radius 3 is 2.61 bits per heavy atom. The largest absolute Gasteiger partial charge is 0.491 e. The number of rotatable bonds is 10. The Balaban J connectivity index is 1.70. The molecule has 2 aromatic carbocycles. The number of allylic oxidation sites excluding steroid dienone is 1. The average Bonchev–Trinajstić information content (AvgIpc) is 2.78. The highest BCUT2D eigenvalue weighted by Gasteiger charge is 2.27. The molecule has 0 aliphatic carbocycles. The predicted octanol–water partition coefficient (Wildman–Crippen LogP) is 6.76. The number of ether oxygens (including phenoxy) is 3. The van der Waals surface area contributed by atoms with E-state index in [1.807, 2.05) is 6.92 Å². The summed E-state index contributed by atoms with van der Waals surface area (Å²) in [6.07, 6.45) is 4.93. The van der Waals surface area contributed by atoms with Crippen LogP contribution in [0.15, 0.2) is 43.0 Å². The molecule has 1 aliphatic heterocycles. The van der Waals surface area contributed by atoms with Crippen LogP contribution in [-0.2, 0) is 9.47 Å². The number of benzene rings is 2. The normalized spacial score (nSPS) is 18.7. The van der Waals surface area contributed by atoms with Crippen molar-refractivity contribution in [2.45, 2.75) is 51.2 Å². The Morgan fingerprint density at radius 1 is 1.10 bits per heavy atom. The molecule has 3 nitrogen and oxygen atoms in total. The highest BCUT2D eigenvalue weighted by Crippen LogP contribution is 2.35. The highest BCUT2D eigenvalue weighted by molar-refractivity contribution is 5.66. The van der Waals surface area contributed by atoms with Crippen LogP contribution < -0.4 is 4.74 Å². The van der Waals surface area contributed by atoms with E-state index in [0.717, 1.165) is 31.7 Å². The lowest BCUT2D eigenvalue weighted by Gasteiger charge is -2.29. The van der Waals surface area contributed by atoms with Crippen molar-refractivity contribution in [3.63, 3.8) is 0 Å². The molecule has 0 N–H and O–H groups in total. The van der Waals surface area contributed by atoms with E-state index in [1.54, 1.807) is 6.08 Å². The second-order valence-corrected chi connectivity index (χ2v) is 7.65. The van der Waals surface area contributed by atoms with Crippen LogP contribution in [0, 0.1) is 17.5 Å². The smallest absolute Gasteiger partial charge is 0.167 e. The van der Waals surface area contributed by atoms with Crippen LogP contribution in [0.2, 0.25) is 0 Å². The Hall–Kier alpha value is -2.31. The first-order valence-electron chi connectivity index (χ1n) is 10.8. The number of hydrogen-bond acceptors (Lipinski definition) is 3.